The zero-order chi connectivity index (χ0) is 11.7. The summed E-state index contributed by atoms with van der Waals surface area (Å²) in [5, 5.41) is 10.8. The maximum absolute atomic E-state index is 12.0. The van der Waals surface area contributed by atoms with E-state index in [9.17, 15) is 4.79 Å². The predicted octanol–water partition coefficient (Wildman–Crippen LogP) is 1.40. The van der Waals surface area contributed by atoms with Crippen LogP contribution in [0, 0.1) is 5.92 Å². The summed E-state index contributed by atoms with van der Waals surface area (Å²) in [6.45, 7) is 0. The van der Waals surface area contributed by atoms with Gasteiger partial charge in [-0.05, 0) is 25.2 Å². The standard InChI is InChI=1S/C11H16N4OS/c16-11(14-10-6-12-15-17-10)9-5-7-3-1-2-4-8(7)13-9/h6-9,13H,1-5H2,(H,14,16). The van der Waals surface area contributed by atoms with Gasteiger partial charge in [-0.2, -0.15) is 0 Å². The molecule has 2 fully saturated rings. The number of aromatic nitrogens is 2. The van der Waals surface area contributed by atoms with E-state index in [1.165, 1.54) is 37.2 Å². The van der Waals surface area contributed by atoms with E-state index >= 15 is 0 Å². The fourth-order valence-corrected chi connectivity index (χ4v) is 3.37. The van der Waals surface area contributed by atoms with Gasteiger partial charge in [0, 0.05) is 17.6 Å². The Labute approximate surface area is 104 Å². The summed E-state index contributed by atoms with van der Waals surface area (Å²) in [6, 6.07) is 0.518. The largest absolute Gasteiger partial charge is 0.314 e. The number of hydrogen-bond acceptors (Lipinski definition) is 5. The molecule has 3 rings (SSSR count). The van der Waals surface area contributed by atoms with Crippen LogP contribution in [-0.4, -0.2) is 27.6 Å². The number of anilines is 1. The molecule has 0 bridgehead atoms. The van der Waals surface area contributed by atoms with Gasteiger partial charge in [0.05, 0.1) is 12.2 Å². The quantitative estimate of drug-likeness (QED) is 0.835. The molecule has 3 unspecified atom stereocenters. The molecule has 2 N–H and O–H groups in total. The van der Waals surface area contributed by atoms with Crippen LogP contribution in [0.15, 0.2) is 6.20 Å². The van der Waals surface area contributed by atoms with Crippen molar-refractivity contribution in [2.45, 2.75) is 44.2 Å². The number of nitrogens with zero attached hydrogens (tertiary/aromatic N) is 2. The Bertz CT molecular complexity index is 380. The van der Waals surface area contributed by atoms with Crippen molar-refractivity contribution in [2.75, 3.05) is 5.32 Å². The second-order valence-electron chi connectivity index (χ2n) is 4.88. The van der Waals surface area contributed by atoms with Crippen LogP contribution in [0.3, 0.4) is 0 Å². The van der Waals surface area contributed by atoms with Crippen LogP contribution >= 0.6 is 11.5 Å². The van der Waals surface area contributed by atoms with Gasteiger partial charge in [-0.25, -0.2) is 0 Å². The average molecular weight is 252 g/mol. The van der Waals surface area contributed by atoms with Crippen molar-refractivity contribution in [1.29, 1.82) is 0 Å². The second kappa shape index (κ2) is 4.70. The van der Waals surface area contributed by atoms with Crippen molar-refractivity contribution in [2.24, 2.45) is 5.92 Å². The Hall–Kier alpha value is -1.01. The third-order valence-corrected chi connectivity index (χ3v) is 4.37. The highest BCUT2D eigenvalue weighted by atomic mass is 32.1. The summed E-state index contributed by atoms with van der Waals surface area (Å²) in [5.41, 5.74) is 0. The van der Waals surface area contributed by atoms with E-state index < -0.39 is 0 Å². The molecule has 1 aliphatic carbocycles. The first-order valence-corrected chi connectivity index (χ1v) is 6.94. The van der Waals surface area contributed by atoms with Crippen LogP contribution in [0.1, 0.15) is 32.1 Å². The molecular formula is C11H16N4OS. The number of nitrogens with one attached hydrogen (secondary N) is 2. The predicted molar refractivity (Wildman–Crippen MR) is 65.8 cm³/mol. The van der Waals surface area contributed by atoms with E-state index in [-0.39, 0.29) is 11.9 Å². The number of fused-ring (bicyclic) bond motifs is 1. The van der Waals surface area contributed by atoms with Crippen molar-refractivity contribution in [3.05, 3.63) is 6.20 Å². The summed E-state index contributed by atoms with van der Waals surface area (Å²) in [5.74, 6) is 0.754. The fraction of sp³-hybridized carbons (Fsp3) is 0.727. The molecular weight excluding hydrogens is 236 g/mol. The minimum absolute atomic E-state index is 0.0369. The third kappa shape index (κ3) is 2.32. The summed E-state index contributed by atoms with van der Waals surface area (Å²) in [4.78, 5) is 12.0. The zero-order valence-corrected chi connectivity index (χ0v) is 10.4. The smallest absolute Gasteiger partial charge is 0.242 e. The van der Waals surface area contributed by atoms with Crippen LogP contribution in [0.4, 0.5) is 5.00 Å². The molecule has 0 aromatic carbocycles. The van der Waals surface area contributed by atoms with Crippen molar-refractivity contribution in [1.82, 2.24) is 14.9 Å². The molecule has 1 aromatic rings. The third-order valence-electron chi connectivity index (χ3n) is 3.79. The Morgan fingerprint density at radius 1 is 1.47 bits per heavy atom. The summed E-state index contributed by atoms with van der Waals surface area (Å²) in [6.07, 6.45) is 7.66. The maximum Gasteiger partial charge on any atom is 0.242 e. The van der Waals surface area contributed by atoms with Crippen molar-refractivity contribution in [3.63, 3.8) is 0 Å². The Morgan fingerprint density at radius 2 is 2.35 bits per heavy atom. The normalized spacial score (nSPS) is 32.1. The molecule has 1 saturated heterocycles. The van der Waals surface area contributed by atoms with Crippen LogP contribution < -0.4 is 10.6 Å². The minimum Gasteiger partial charge on any atom is -0.314 e. The van der Waals surface area contributed by atoms with E-state index in [4.69, 9.17) is 0 Å². The molecule has 1 aromatic heterocycles. The summed E-state index contributed by atoms with van der Waals surface area (Å²) >= 11 is 1.21. The monoisotopic (exact) mass is 252 g/mol. The van der Waals surface area contributed by atoms with Gasteiger partial charge < -0.3 is 10.6 Å². The fourth-order valence-electron chi connectivity index (χ4n) is 2.95. The minimum atomic E-state index is -0.0369. The number of amides is 1. The number of rotatable bonds is 2. The van der Waals surface area contributed by atoms with Gasteiger partial charge in [0.15, 0.2) is 0 Å². The van der Waals surface area contributed by atoms with Crippen LogP contribution in [0.25, 0.3) is 0 Å². The summed E-state index contributed by atoms with van der Waals surface area (Å²) < 4.78 is 3.73. The number of carbonyl (C=O) groups excluding carboxylic acids is 1. The molecule has 2 heterocycles. The first-order chi connectivity index (χ1) is 8.33. The van der Waals surface area contributed by atoms with Gasteiger partial charge in [0.1, 0.15) is 5.00 Å². The molecule has 17 heavy (non-hydrogen) atoms. The molecule has 1 aliphatic heterocycles. The molecule has 1 saturated carbocycles. The Balaban J connectivity index is 1.60. The lowest BCUT2D eigenvalue weighted by Gasteiger charge is -2.24. The van der Waals surface area contributed by atoms with Gasteiger partial charge in [-0.15, -0.1) is 5.10 Å². The van der Waals surface area contributed by atoms with E-state index in [1.807, 2.05) is 0 Å². The van der Waals surface area contributed by atoms with Crippen LogP contribution in [0.2, 0.25) is 0 Å². The van der Waals surface area contributed by atoms with Crippen molar-refractivity contribution in [3.8, 4) is 0 Å². The molecule has 0 radical (unpaired) electrons. The topological polar surface area (TPSA) is 66.9 Å². The molecule has 92 valence electrons. The van der Waals surface area contributed by atoms with Crippen molar-refractivity contribution < 1.29 is 4.79 Å². The maximum atomic E-state index is 12.0. The number of carbonyl (C=O) groups is 1. The zero-order valence-electron chi connectivity index (χ0n) is 9.56. The molecule has 6 heteroatoms. The van der Waals surface area contributed by atoms with Gasteiger partial charge in [0.2, 0.25) is 5.91 Å². The van der Waals surface area contributed by atoms with Gasteiger partial charge in [-0.3, -0.25) is 4.79 Å². The van der Waals surface area contributed by atoms with Crippen LogP contribution in [0.5, 0.6) is 0 Å². The lowest BCUT2D eigenvalue weighted by molar-refractivity contribution is -0.117. The molecule has 0 spiro atoms. The summed E-state index contributed by atoms with van der Waals surface area (Å²) in [7, 11) is 0. The van der Waals surface area contributed by atoms with E-state index in [0.717, 1.165) is 11.4 Å². The van der Waals surface area contributed by atoms with Gasteiger partial charge in [-0.1, -0.05) is 17.3 Å². The van der Waals surface area contributed by atoms with Crippen molar-refractivity contribution >= 4 is 22.4 Å². The molecule has 3 atom stereocenters. The highest BCUT2D eigenvalue weighted by molar-refractivity contribution is 7.10. The highest BCUT2D eigenvalue weighted by Gasteiger charge is 2.38. The first kappa shape index (κ1) is 11.1. The second-order valence-corrected chi connectivity index (χ2v) is 5.66. The molecule has 5 nitrogen and oxygen atoms in total. The lowest BCUT2D eigenvalue weighted by atomic mass is 9.85. The highest BCUT2D eigenvalue weighted by Crippen LogP contribution is 2.33. The van der Waals surface area contributed by atoms with Gasteiger partial charge >= 0.3 is 0 Å². The number of hydrogen-bond donors (Lipinski definition) is 2. The molecule has 1 amide bonds. The van der Waals surface area contributed by atoms with E-state index in [0.29, 0.717) is 12.0 Å². The van der Waals surface area contributed by atoms with Crippen LogP contribution in [-0.2, 0) is 4.79 Å². The average Bonchev–Trinajstić information content (AvgIpc) is 2.96. The SMILES string of the molecule is O=C(Nc1cnns1)C1CC2CCCCC2N1. The lowest BCUT2D eigenvalue weighted by Crippen LogP contribution is -2.39. The molecule has 2 aliphatic rings. The van der Waals surface area contributed by atoms with E-state index in [1.54, 1.807) is 6.20 Å². The first-order valence-electron chi connectivity index (χ1n) is 6.17. The van der Waals surface area contributed by atoms with E-state index in [2.05, 4.69) is 20.2 Å². The Morgan fingerprint density at radius 3 is 3.12 bits per heavy atom. The van der Waals surface area contributed by atoms with Gasteiger partial charge in [0.25, 0.3) is 0 Å². The Kier molecular flexibility index (Phi) is 3.07.